The number of hydrogen-bond donors (Lipinski definition) is 1. The summed E-state index contributed by atoms with van der Waals surface area (Å²) in [4.78, 5) is 0. The van der Waals surface area contributed by atoms with E-state index in [1.807, 2.05) is 13.0 Å². The lowest BCUT2D eigenvalue weighted by Crippen LogP contribution is -2.06. The van der Waals surface area contributed by atoms with Crippen molar-refractivity contribution >= 4 is 6.08 Å². The van der Waals surface area contributed by atoms with Crippen LogP contribution in [0.5, 0.6) is 11.5 Å². The van der Waals surface area contributed by atoms with Crippen LogP contribution in [0.3, 0.4) is 0 Å². The highest BCUT2D eigenvalue weighted by molar-refractivity contribution is 5.67. The molecule has 3 heteroatoms. The molecule has 3 nitrogen and oxygen atoms in total. The van der Waals surface area contributed by atoms with Crippen molar-refractivity contribution in [3.05, 3.63) is 40.2 Å². The fourth-order valence-electron chi connectivity index (χ4n) is 2.25. The zero-order valence-electron chi connectivity index (χ0n) is 11.9. The Kier molecular flexibility index (Phi) is 3.84. The molecule has 1 heterocycles. The van der Waals surface area contributed by atoms with Crippen LogP contribution in [0.25, 0.3) is 6.08 Å². The molecular formula is C16H20O3. The van der Waals surface area contributed by atoms with Crippen LogP contribution in [0, 0.1) is 0 Å². The highest BCUT2D eigenvalue weighted by Gasteiger charge is 2.19. The number of benzene rings is 1. The number of allylic oxidation sites excluding steroid dienone is 3. The molecule has 0 aliphatic carbocycles. The molecule has 1 N–H and O–H groups in total. The predicted octanol–water partition coefficient (Wildman–Crippen LogP) is 3.80. The molecular weight excluding hydrogens is 240 g/mol. The van der Waals surface area contributed by atoms with Gasteiger partial charge in [0.1, 0.15) is 6.61 Å². The first kappa shape index (κ1) is 13.5. The number of aromatic hydroxyl groups is 1. The Bertz CT molecular complexity index is 550. The Morgan fingerprint density at radius 3 is 2.84 bits per heavy atom. The lowest BCUT2D eigenvalue weighted by molar-refractivity contribution is 0.198. The number of rotatable bonds is 3. The summed E-state index contributed by atoms with van der Waals surface area (Å²) in [5.41, 5.74) is 4.37. The van der Waals surface area contributed by atoms with Gasteiger partial charge in [-0.25, -0.2) is 0 Å². The van der Waals surface area contributed by atoms with Gasteiger partial charge in [-0.1, -0.05) is 11.6 Å². The highest BCUT2D eigenvalue weighted by atomic mass is 16.5. The Morgan fingerprint density at radius 2 is 2.21 bits per heavy atom. The zero-order chi connectivity index (χ0) is 14.0. The molecule has 1 aliphatic heterocycles. The first-order valence-electron chi connectivity index (χ1n) is 6.39. The van der Waals surface area contributed by atoms with Gasteiger partial charge in [0, 0.05) is 11.1 Å². The molecule has 1 aromatic rings. The van der Waals surface area contributed by atoms with E-state index in [2.05, 4.69) is 19.9 Å². The molecule has 0 fully saturated rings. The van der Waals surface area contributed by atoms with E-state index in [0.29, 0.717) is 12.4 Å². The van der Waals surface area contributed by atoms with Crippen LogP contribution in [-0.4, -0.2) is 12.2 Å². The van der Waals surface area contributed by atoms with Crippen molar-refractivity contribution in [2.75, 3.05) is 7.11 Å². The van der Waals surface area contributed by atoms with Crippen molar-refractivity contribution in [3.8, 4) is 11.5 Å². The lowest BCUT2D eigenvalue weighted by Gasteiger charge is -2.21. The second-order valence-electron chi connectivity index (χ2n) is 5.01. The maximum atomic E-state index is 10.1. The topological polar surface area (TPSA) is 38.7 Å². The number of phenols is 1. The first-order valence-corrected chi connectivity index (χ1v) is 6.39. The smallest absolute Gasteiger partial charge is 0.164 e. The normalized spacial score (nSPS) is 13.2. The fraction of sp³-hybridized carbons (Fsp3) is 0.375. The van der Waals surface area contributed by atoms with Gasteiger partial charge < -0.3 is 14.6 Å². The minimum atomic E-state index is 0.176. The summed E-state index contributed by atoms with van der Waals surface area (Å²) in [6.07, 6.45) is 4.89. The van der Waals surface area contributed by atoms with E-state index >= 15 is 0 Å². The minimum Gasteiger partial charge on any atom is -0.504 e. The van der Waals surface area contributed by atoms with E-state index in [4.69, 9.17) is 9.47 Å². The van der Waals surface area contributed by atoms with Gasteiger partial charge in [0.2, 0.25) is 0 Å². The van der Waals surface area contributed by atoms with E-state index < -0.39 is 0 Å². The van der Waals surface area contributed by atoms with E-state index in [-0.39, 0.29) is 5.75 Å². The molecule has 0 saturated heterocycles. The van der Waals surface area contributed by atoms with Crippen molar-refractivity contribution in [1.29, 1.82) is 0 Å². The van der Waals surface area contributed by atoms with Crippen LogP contribution in [0.1, 0.15) is 37.5 Å². The maximum absolute atomic E-state index is 10.1. The lowest BCUT2D eigenvalue weighted by atomic mass is 9.94. The van der Waals surface area contributed by atoms with Gasteiger partial charge in [-0.2, -0.15) is 0 Å². The number of methoxy groups -OCH3 is 1. The maximum Gasteiger partial charge on any atom is 0.164 e. The van der Waals surface area contributed by atoms with Crippen LogP contribution < -0.4 is 4.74 Å². The summed E-state index contributed by atoms with van der Waals surface area (Å²) in [6.45, 7) is 6.56. The van der Waals surface area contributed by atoms with Gasteiger partial charge in [-0.15, -0.1) is 0 Å². The number of fused-ring (bicyclic) bond motifs is 1. The third kappa shape index (κ3) is 2.75. The van der Waals surface area contributed by atoms with Gasteiger partial charge in [-0.3, -0.25) is 0 Å². The number of ether oxygens (including phenoxy) is 2. The Labute approximate surface area is 114 Å². The summed E-state index contributed by atoms with van der Waals surface area (Å²) in [7, 11) is 1.59. The Hall–Kier alpha value is -1.90. The predicted molar refractivity (Wildman–Crippen MR) is 76.2 cm³/mol. The van der Waals surface area contributed by atoms with Crippen LogP contribution in [0.2, 0.25) is 0 Å². The minimum absolute atomic E-state index is 0.176. The standard InChI is InChI=1S/C16H20O3/c1-10(2)5-6-13-14-7-11(3)19-9-12(14)8-15(17)16(13)18-4/h5,7-8,17H,6,9H2,1-4H3. The molecule has 0 bridgehead atoms. The van der Waals surface area contributed by atoms with Crippen LogP contribution in [0.15, 0.2) is 23.5 Å². The fourth-order valence-corrected chi connectivity index (χ4v) is 2.25. The summed E-state index contributed by atoms with van der Waals surface area (Å²) < 4.78 is 10.9. The highest BCUT2D eigenvalue weighted by Crippen LogP contribution is 2.39. The Balaban J connectivity index is 2.60. The molecule has 19 heavy (non-hydrogen) atoms. The number of phenolic OH excluding ortho intramolecular Hbond substituents is 1. The van der Waals surface area contributed by atoms with E-state index in [9.17, 15) is 5.11 Å². The van der Waals surface area contributed by atoms with Gasteiger partial charge >= 0.3 is 0 Å². The Morgan fingerprint density at radius 1 is 1.47 bits per heavy atom. The first-order chi connectivity index (χ1) is 9.02. The van der Waals surface area contributed by atoms with Crippen LogP contribution in [0.4, 0.5) is 0 Å². The molecule has 1 aliphatic rings. The average molecular weight is 260 g/mol. The second-order valence-corrected chi connectivity index (χ2v) is 5.01. The zero-order valence-corrected chi connectivity index (χ0v) is 11.9. The molecule has 0 amide bonds. The molecule has 0 aromatic heterocycles. The summed E-state index contributed by atoms with van der Waals surface area (Å²) in [5.74, 6) is 1.62. The molecule has 0 saturated carbocycles. The molecule has 102 valence electrons. The molecule has 2 rings (SSSR count). The van der Waals surface area contributed by atoms with Crippen molar-refractivity contribution in [1.82, 2.24) is 0 Å². The molecule has 0 spiro atoms. The van der Waals surface area contributed by atoms with Crippen molar-refractivity contribution < 1.29 is 14.6 Å². The van der Waals surface area contributed by atoms with Gasteiger partial charge in [-0.05, 0) is 44.9 Å². The summed E-state index contributed by atoms with van der Waals surface area (Å²) in [5, 5.41) is 10.1. The van der Waals surface area contributed by atoms with Crippen LogP contribution in [-0.2, 0) is 17.8 Å². The van der Waals surface area contributed by atoms with Crippen molar-refractivity contribution in [3.63, 3.8) is 0 Å². The van der Waals surface area contributed by atoms with Crippen LogP contribution >= 0.6 is 0 Å². The SMILES string of the molecule is COc1c(O)cc2c(c1CC=C(C)C)C=C(C)OC2. The third-order valence-electron chi connectivity index (χ3n) is 3.21. The second kappa shape index (κ2) is 5.39. The molecule has 0 unspecified atom stereocenters. The van der Waals surface area contributed by atoms with E-state index in [0.717, 1.165) is 28.9 Å². The summed E-state index contributed by atoms with van der Waals surface area (Å²) in [6, 6.07) is 1.73. The monoisotopic (exact) mass is 260 g/mol. The van der Waals surface area contributed by atoms with Crippen molar-refractivity contribution in [2.45, 2.75) is 33.8 Å². The van der Waals surface area contributed by atoms with Crippen molar-refractivity contribution in [2.24, 2.45) is 0 Å². The van der Waals surface area contributed by atoms with E-state index in [1.165, 1.54) is 5.57 Å². The van der Waals surface area contributed by atoms with E-state index in [1.54, 1.807) is 13.2 Å². The molecule has 1 aromatic carbocycles. The molecule has 0 atom stereocenters. The number of hydrogen-bond acceptors (Lipinski definition) is 3. The van der Waals surface area contributed by atoms with Gasteiger partial charge in [0.15, 0.2) is 11.5 Å². The average Bonchev–Trinajstić information content (AvgIpc) is 2.36. The van der Waals surface area contributed by atoms with Gasteiger partial charge in [0.25, 0.3) is 0 Å². The quantitative estimate of drug-likeness (QED) is 0.840. The third-order valence-corrected chi connectivity index (χ3v) is 3.21. The summed E-state index contributed by atoms with van der Waals surface area (Å²) >= 11 is 0. The largest absolute Gasteiger partial charge is 0.504 e. The van der Waals surface area contributed by atoms with Gasteiger partial charge in [0.05, 0.1) is 12.9 Å². The molecule has 0 radical (unpaired) electrons.